The summed E-state index contributed by atoms with van der Waals surface area (Å²) in [7, 11) is -3.73. The molecule has 0 spiro atoms. The van der Waals surface area contributed by atoms with Crippen molar-refractivity contribution in [3.8, 4) is 23.6 Å². The monoisotopic (exact) mass is 421 g/mol. The van der Waals surface area contributed by atoms with Crippen LogP contribution < -0.4 is 4.74 Å². The van der Waals surface area contributed by atoms with Crippen LogP contribution in [0.1, 0.15) is 11.3 Å². The first-order chi connectivity index (χ1) is 13.6. The van der Waals surface area contributed by atoms with Gasteiger partial charge in [-0.2, -0.15) is 9.37 Å². The Hall–Kier alpha value is -3.92. The van der Waals surface area contributed by atoms with Gasteiger partial charge in [0.2, 0.25) is 5.88 Å². The first-order valence-electron chi connectivity index (χ1n) is 7.51. The lowest BCUT2D eigenvalue weighted by Gasteiger charge is -2.03. The largest absolute Gasteiger partial charge is 0.463 e. The number of carbonyl (C=O) groups is 1. The summed E-state index contributed by atoms with van der Waals surface area (Å²) in [6, 6.07) is 3.20. The Morgan fingerprint density at radius 2 is 2.00 bits per heavy atom. The lowest BCUT2D eigenvalue weighted by molar-refractivity contribution is 0.188. The molecule has 0 fully saturated rings. The number of rotatable bonds is 3. The fourth-order valence-corrected chi connectivity index (χ4v) is 2.76. The van der Waals surface area contributed by atoms with E-state index in [4.69, 9.17) is 9.84 Å². The van der Waals surface area contributed by atoms with Crippen LogP contribution in [0.4, 0.5) is 13.6 Å². The molecule has 2 aromatic heterocycles. The molecule has 0 radical (unpaired) electrons. The molecule has 0 aliphatic heterocycles. The number of sulfone groups is 1. The van der Waals surface area contributed by atoms with E-state index in [1.807, 2.05) is 0 Å². The second-order valence-electron chi connectivity index (χ2n) is 5.38. The Bertz CT molecular complexity index is 1280. The summed E-state index contributed by atoms with van der Waals surface area (Å²) in [5.41, 5.74) is -0.303. The summed E-state index contributed by atoms with van der Waals surface area (Å²) in [6.07, 6.45) is 1.36. The molecule has 0 saturated heterocycles. The minimum atomic E-state index is -3.73. The van der Waals surface area contributed by atoms with Crippen LogP contribution in [0.25, 0.3) is 0 Å². The molecule has 3 rings (SSSR count). The van der Waals surface area contributed by atoms with Crippen molar-refractivity contribution >= 4 is 15.9 Å². The van der Waals surface area contributed by atoms with Crippen molar-refractivity contribution in [3.63, 3.8) is 0 Å². The number of hydrogen-bond donors (Lipinski definition) is 1. The Morgan fingerprint density at radius 3 is 2.62 bits per heavy atom. The van der Waals surface area contributed by atoms with E-state index in [0.29, 0.717) is 4.68 Å². The topological polar surface area (TPSA) is 137 Å². The Labute approximate surface area is 161 Å². The molecule has 0 atom stereocenters. The smallest absolute Gasteiger partial charge is 0.436 e. The van der Waals surface area contributed by atoms with E-state index in [-0.39, 0.29) is 17.3 Å². The second kappa shape index (κ2) is 7.60. The van der Waals surface area contributed by atoms with E-state index < -0.39 is 38.3 Å². The van der Waals surface area contributed by atoms with Gasteiger partial charge in [0.1, 0.15) is 16.9 Å². The molecule has 148 valence electrons. The molecule has 0 saturated carbocycles. The van der Waals surface area contributed by atoms with Crippen LogP contribution in [0.3, 0.4) is 0 Å². The fraction of sp³-hybridized carbons (Fsp3) is 0.0625. The van der Waals surface area contributed by atoms with Gasteiger partial charge in [-0.3, -0.25) is 0 Å². The summed E-state index contributed by atoms with van der Waals surface area (Å²) in [6.45, 7) is 0. The highest BCUT2D eigenvalue weighted by molar-refractivity contribution is 7.90. The molecule has 3 aromatic rings. The molecular formula is C16H9F2N5O5S. The minimum absolute atomic E-state index is 0.0906. The standard InChI is InChI=1S/C16H9F2N5O5S/c1-29(26,27)12-5-3-9(6-10(12)17)2-4-11-15(18)21-13(7-19-11)28-14-8-20-22-23(14)16(24)25/h3,5-8H,1H3,(H,24,25). The molecule has 0 aliphatic rings. The third-order valence-electron chi connectivity index (χ3n) is 3.27. The van der Waals surface area contributed by atoms with Gasteiger partial charge in [0.25, 0.3) is 11.8 Å². The van der Waals surface area contributed by atoms with Crippen molar-refractivity contribution in [1.29, 1.82) is 0 Å². The normalized spacial score (nSPS) is 10.9. The third-order valence-corrected chi connectivity index (χ3v) is 4.40. The Kier molecular flexibility index (Phi) is 5.20. The van der Waals surface area contributed by atoms with Crippen LogP contribution in [0, 0.1) is 23.6 Å². The number of halogens is 2. The van der Waals surface area contributed by atoms with Crippen molar-refractivity contribution in [2.24, 2.45) is 0 Å². The van der Waals surface area contributed by atoms with Crippen LogP contribution in [0.2, 0.25) is 0 Å². The molecule has 1 N–H and O–H groups in total. The number of ether oxygens (including phenoxy) is 1. The molecule has 0 unspecified atom stereocenters. The van der Waals surface area contributed by atoms with Crippen LogP contribution in [0.15, 0.2) is 35.5 Å². The van der Waals surface area contributed by atoms with Gasteiger partial charge in [-0.15, -0.1) is 9.78 Å². The molecule has 29 heavy (non-hydrogen) atoms. The van der Waals surface area contributed by atoms with Crippen LogP contribution in [-0.4, -0.2) is 50.8 Å². The molecule has 0 amide bonds. The zero-order chi connectivity index (χ0) is 21.2. The summed E-state index contributed by atoms with van der Waals surface area (Å²) >= 11 is 0. The summed E-state index contributed by atoms with van der Waals surface area (Å²) in [4.78, 5) is 17.6. The first kappa shape index (κ1) is 19.8. The number of carboxylic acid groups (broad SMARTS) is 1. The fourth-order valence-electron chi connectivity index (χ4n) is 2.03. The van der Waals surface area contributed by atoms with Crippen LogP contribution in [0.5, 0.6) is 11.8 Å². The molecule has 13 heteroatoms. The van der Waals surface area contributed by atoms with Gasteiger partial charge in [0.15, 0.2) is 15.5 Å². The predicted molar refractivity (Wildman–Crippen MR) is 91.0 cm³/mol. The van der Waals surface area contributed by atoms with Gasteiger partial charge in [-0.05, 0) is 24.1 Å². The van der Waals surface area contributed by atoms with Crippen LogP contribution >= 0.6 is 0 Å². The zero-order valence-corrected chi connectivity index (χ0v) is 15.2. The van der Waals surface area contributed by atoms with E-state index in [1.165, 1.54) is 6.07 Å². The number of aromatic nitrogens is 5. The molecule has 2 heterocycles. The lowest BCUT2D eigenvalue weighted by atomic mass is 10.2. The highest BCUT2D eigenvalue weighted by Crippen LogP contribution is 2.18. The first-order valence-corrected chi connectivity index (χ1v) is 9.40. The summed E-state index contributed by atoms with van der Waals surface area (Å²) < 4.78 is 56.2. The second-order valence-corrected chi connectivity index (χ2v) is 7.37. The Balaban J connectivity index is 1.83. The zero-order valence-electron chi connectivity index (χ0n) is 14.4. The van der Waals surface area contributed by atoms with Gasteiger partial charge in [0, 0.05) is 11.8 Å². The maximum absolute atomic E-state index is 14.1. The van der Waals surface area contributed by atoms with Crippen LogP contribution in [-0.2, 0) is 9.84 Å². The van der Waals surface area contributed by atoms with E-state index >= 15 is 0 Å². The predicted octanol–water partition coefficient (Wildman–Crippen LogP) is 1.47. The van der Waals surface area contributed by atoms with Crippen molar-refractivity contribution in [2.45, 2.75) is 4.90 Å². The SMILES string of the molecule is CS(=O)(=O)c1ccc(C#Cc2ncc(Oc3cnnn3C(=O)O)nc2F)cc1F. The molecule has 1 aromatic carbocycles. The lowest BCUT2D eigenvalue weighted by Crippen LogP contribution is -2.11. The van der Waals surface area contributed by atoms with E-state index in [2.05, 4.69) is 32.1 Å². The highest BCUT2D eigenvalue weighted by atomic mass is 32.2. The number of benzene rings is 1. The molecular weight excluding hydrogens is 412 g/mol. The van der Waals surface area contributed by atoms with Crippen molar-refractivity contribution < 1.29 is 31.8 Å². The van der Waals surface area contributed by atoms with Gasteiger partial charge < -0.3 is 9.84 Å². The summed E-state index contributed by atoms with van der Waals surface area (Å²) in [5.74, 6) is 1.96. The Morgan fingerprint density at radius 1 is 1.24 bits per heavy atom. The van der Waals surface area contributed by atoms with E-state index in [0.717, 1.165) is 30.8 Å². The average Bonchev–Trinajstić information content (AvgIpc) is 3.08. The van der Waals surface area contributed by atoms with Gasteiger partial charge >= 0.3 is 6.09 Å². The number of nitrogens with zero attached hydrogens (tertiary/aromatic N) is 5. The van der Waals surface area contributed by atoms with Crippen molar-refractivity contribution in [1.82, 2.24) is 25.0 Å². The van der Waals surface area contributed by atoms with E-state index in [1.54, 1.807) is 0 Å². The molecule has 10 nitrogen and oxygen atoms in total. The minimum Gasteiger partial charge on any atom is -0.463 e. The summed E-state index contributed by atoms with van der Waals surface area (Å²) in [5, 5.41) is 15.5. The van der Waals surface area contributed by atoms with Crippen molar-refractivity contribution in [3.05, 3.63) is 53.6 Å². The third kappa shape index (κ3) is 4.50. The quantitative estimate of drug-likeness (QED) is 0.623. The molecule has 0 bridgehead atoms. The maximum atomic E-state index is 14.1. The van der Waals surface area contributed by atoms with Gasteiger partial charge in [0.05, 0.1) is 6.20 Å². The highest BCUT2D eigenvalue weighted by Gasteiger charge is 2.15. The maximum Gasteiger partial charge on any atom is 0.436 e. The van der Waals surface area contributed by atoms with Crippen molar-refractivity contribution in [2.75, 3.05) is 6.26 Å². The molecule has 0 aliphatic carbocycles. The number of hydrogen-bond acceptors (Lipinski definition) is 8. The average molecular weight is 421 g/mol. The van der Waals surface area contributed by atoms with Gasteiger partial charge in [-0.25, -0.2) is 22.6 Å². The van der Waals surface area contributed by atoms with E-state index in [9.17, 15) is 22.0 Å². The van der Waals surface area contributed by atoms with Gasteiger partial charge in [-0.1, -0.05) is 11.1 Å².